The Morgan fingerprint density at radius 3 is 2.23 bits per heavy atom. The van der Waals surface area contributed by atoms with E-state index in [9.17, 15) is 9.59 Å². The molecule has 0 spiro atoms. The van der Waals surface area contributed by atoms with Crippen molar-refractivity contribution in [1.82, 2.24) is 9.80 Å². The third-order valence-electron chi connectivity index (χ3n) is 6.42. The third kappa shape index (κ3) is 4.91. The highest BCUT2D eigenvalue weighted by Crippen LogP contribution is 2.06. The van der Waals surface area contributed by atoms with Gasteiger partial charge in [-0.05, 0) is 24.6 Å². The van der Waals surface area contributed by atoms with Gasteiger partial charge in [-0.15, -0.1) is 0 Å². The number of nitrogens with zero attached hydrogens (tertiary/aromatic N) is 2. The second-order valence-electron chi connectivity index (χ2n) is 8.43. The summed E-state index contributed by atoms with van der Waals surface area (Å²) in [6, 6.07) is 12.0. The SMILES string of the molecule is Cc1ccccc1C[NH+]1CCN(C(=O)C[NH+]2CCN(C(=O)c3ccco3)CC2)CC1. The van der Waals surface area contributed by atoms with Crippen LogP contribution in [-0.2, 0) is 11.3 Å². The molecule has 3 heterocycles. The number of carbonyl (C=O) groups excluding carboxylic acids is 2. The predicted molar refractivity (Wildman–Crippen MR) is 112 cm³/mol. The average Bonchev–Trinajstić information content (AvgIpc) is 3.31. The zero-order valence-electron chi connectivity index (χ0n) is 17.7. The van der Waals surface area contributed by atoms with E-state index < -0.39 is 0 Å². The first-order valence-electron chi connectivity index (χ1n) is 10.9. The molecule has 30 heavy (non-hydrogen) atoms. The van der Waals surface area contributed by atoms with Crippen LogP contribution in [-0.4, -0.2) is 80.5 Å². The lowest BCUT2D eigenvalue weighted by Crippen LogP contribution is -3.16. The summed E-state index contributed by atoms with van der Waals surface area (Å²) in [6.07, 6.45) is 1.52. The van der Waals surface area contributed by atoms with Gasteiger partial charge in [0.05, 0.1) is 58.6 Å². The highest BCUT2D eigenvalue weighted by molar-refractivity contribution is 5.91. The lowest BCUT2D eigenvalue weighted by Gasteiger charge is -2.35. The van der Waals surface area contributed by atoms with Crippen molar-refractivity contribution in [3.8, 4) is 0 Å². The molecule has 7 heteroatoms. The molecular weight excluding hydrogens is 380 g/mol. The van der Waals surface area contributed by atoms with Crippen LogP contribution in [0.25, 0.3) is 0 Å². The minimum Gasteiger partial charge on any atom is -0.459 e. The Bertz CT molecular complexity index is 851. The van der Waals surface area contributed by atoms with Crippen molar-refractivity contribution in [2.75, 3.05) is 58.9 Å². The predicted octanol–water partition coefficient (Wildman–Crippen LogP) is -1.14. The monoisotopic (exact) mass is 412 g/mol. The van der Waals surface area contributed by atoms with Crippen LogP contribution in [0.3, 0.4) is 0 Å². The molecule has 1 aromatic heterocycles. The zero-order chi connectivity index (χ0) is 20.9. The number of quaternary nitrogens is 2. The van der Waals surface area contributed by atoms with E-state index >= 15 is 0 Å². The summed E-state index contributed by atoms with van der Waals surface area (Å²) in [7, 11) is 0. The first-order chi connectivity index (χ1) is 14.6. The summed E-state index contributed by atoms with van der Waals surface area (Å²) in [5.41, 5.74) is 2.75. The molecular formula is C23H32N4O3+2. The molecule has 0 bridgehead atoms. The van der Waals surface area contributed by atoms with Crippen LogP contribution >= 0.6 is 0 Å². The molecule has 2 aliphatic rings. The van der Waals surface area contributed by atoms with Crippen LogP contribution in [0.15, 0.2) is 47.1 Å². The number of hydrogen-bond donors (Lipinski definition) is 2. The van der Waals surface area contributed by atoms with Crippen molar-refractivity contribution in [3.63, 3.8) is 0 Å². The lowest BCUT2D eigenvalue weighted by molar-refractivity contribution is -0.918. The number of benzene rings is 1. The molecule has 0 aliphatic carbocycles. The topological polar surface area (TPSA) is 62.6 Å². The van der Waals surface area contributed by atoms with Gasteiger partial charge in [0.2, 0.25) is 0 Å². The van der Waals surface area contributed by atoms with Crippen molar-refractivity contribution in [2.45, 2.75) is 13.5 Å². The largest absolute Gasteiger partial charge is 0.459 e. The quantitative estimate of drug-likeness (QED) is 0.653. The highest BCUT2D eigenvalue weighted by Gasteiger charge is 2.30. The highest BCUT2D eigenvalue weighted by atomic mass is 16.3. The molecule has 2 amide bonds. The number of rotatable bonds is 5. The molecule has 160 valence electrons. The van der Waals surface area contributed by atoms with E-state index in [1.807, 2.05) is 9.80 Å². The summed E-state index contributed by atoms with van der Waals surface area (Å²) >= 11 is 0. The van der Waals surface area contributed by atoms with Crippen LogP contribution in [0.4, 0.5) is 0 Å². The molecule has 0 radical (unpaired) electrons. The van der Waals surface area contributed by atoms with Gasteiger partial charge >= 0.3 is 0 Å². The minimum absolute atomic E-state index is 0.0573. The summed E-state index contributed by atoms with van der Waals surface area (Å²) in [5, 5.41) is 0. The standard InChI is InChI=1S/C23H30N4O3/c1-19-5-2-3-6-20(19)17-24-8-12-26(13-9-24)22(28)18-25-10-14-27(15-11-25)23(29)21-7-4-16-30-21/h2-7,16H,8-15,17-18H2,1H3/p+2. The smallest absolute Gasteiger partial charge is 0.289 e. The normalized spacial score (nSPS) is 18.6. The van der Waals surface area contributed by atoms with Gasteiger partial charge in [-0.3, -0.25) is 9.59 Å². The summed E-state index contributed by atoms with van der Waals surface area (Å²) in [5.74, 6) is 0.574. The number of carbonyl (C=O) groups is 2. The lowest BCUT2D eigenvalue weighted by atomic mass is 10.1. The van der Waals surface area contributed by atoms with Crippen molar-refractivity contribution < 1.29 is 23.8 Å². The van der Waals surface area contributed by atoms with Gasteiger partial charge in [-0.1, -0.05) is 24.3 Å². The van der Waals surface area contributed by atoms with Crippen LogP contribution in [0, 0.1) is 6.92 Å². The van der Waals surface area contributed by atoms with E-state index in [1.54, 1.807) is 17.0 Å². The summed E-state index contributed by atoms with van der Waals surface area (Å²) in [6.45, 7) is 10.3. The molecule has 2 fully saturated rings. The molecule has 0 atom stereocenters. The fraction of sp³-hybridized carbons (Fsp3) is 0.478. The summed E-state index contributed by atoms with van der Waals surface area (Å²) in [4.78, 5) is 31.8. The van der Waals surface area contributed by atoms with Crippen molar-refractivity contribution in [3.05, 3.63) is 59.5 Å². The number of aryl methyl sites for hydroxylation is 1. The van der Waals surface area contributed by atoms with E-state index in [2.05, 4.69) is 31.2 Å². The van der Waals surface area contributed by atoms with Crippen molar-refractivity contribution in [2.24, 2.45) is 0 Å². The molecule has 0 saturated carbocycles. The third-order valence-corrected chi connectivity index (χ3v) is 6.42. The Morgan fingerprint density at radius 2 is 1.57 bits per heavy atom. The maximum atomic E-state index is 12.8. The number of piperazine rings is 2. The molecule has 2 saturated heterocycles. The van der Waals surface area contributed by atoms with Gasteiger partial charge < -0.3 is 24.0 Å². The van der Waals surface area contributed by atoms with Gasteiger partial charge in [0.1, 0.15) is 6.54 Å². The molecule has 2 N–H and O–H groups in total. The molecule has 1 aromatic carbocycles. The van der Waals surface area contributed by atoms with Gasteiger partial charge in [-0.25, -0.2) is 0 Å². The Kier molecular flexibility index (Phi) is 6.50. The van der Waals surface area contributed by atoms with Gasteiger partial charge in [0.25, 0.3) is 11.8 Å². The maximum absolute atomic E-state index is 12.8. The van der Waals surface area contributed by atoms with Crippen LogP contribution < -0.4 is 9.80 Å². The second kappa shape index (κ2) is 9.45. The second-order valence-corrected chi connectivity index (χ2v) is 8.43. The zero-order valence-corrected chi connectivity index (χ0v) is 17.7. The number of furan rings is 1. The van der Waals surface area contributed by atoms with E-state index in [0.29, 0.717) is 25.4 Å². The number of hydrogen-bond acceptors (Lipinski definition) is 3. The Morgan fingerprint density at radius 1 is 0.900 bits per heavy atom. The Labute approximate surface area is 177 Å². The van der Waals surface area contributed by atoms with Crippen molar-refractivity contribution in [1.29, 1.82) is 0 Å². The fourth-order valence-electron chi connectivity index (χ4n) is 4.41. The molecule has 2 aliphatic heterocycles. The van der Waals surface area contributed by atoms with E-state index in [0.717, 1.165) is 45.8 Å². The van der Waals surface area contributed by atoms with Crippen molar-refractivity contribution >= 4 is 11.8 Å². The van der Waals surface area contributed by atoms with E-state index in [4.69, 9.17) is 4.42 Å². The first-order valence-corrected chi connectivity index (χ1v) is 10.9. The molecule has 7 nitrogen and oxygen atoms in total. The van der Waals surface area contributed by atoms with Crippen LogP contribution in [0.1, 0.15) is 21.7 Å². The number of nitrogens with one attached hydrogen (secondary N) is 2. The summed E-state index contributed by atoms with van der Waals surface area (Å²) < 4.78 is 5.21. The Balaban J connectivity index is 1.19. The van der Waals surface area contributed by atoms with E-state index in [1.165, 1.54) is 22.3 Å². The molecule has 2 aromatic rings. The van der Waals surface area contributed by atoms with Gasteiger partial charge in [0, 0.05) is 5.56 Å². The van der Waals surface area contributed by atoms with Crippen LogP contribution in [0.5, 0.6) is 0 Å². The molecule has 0 unspecified atom stereocenters. The van der Waals surface area contributed by atoms with E-state index in [-0.39, 0.29) is 11.8 Å². The average molecular weight is 413 g/mol. The van der Waals surface area contributed by atoms with Gasteiger partial charge in [-0.2, -0.15) is 0 Å². The fourth-order valence-corrected chi connectivity index (χ4v) is 4.41. The minimum atomic E-state index is -0.0573. The first kappa shape index (κ1) is 20.6. The maximum Gasteiger partial charge on any atom is 0.289 e. The van der Waals surface area contributed by atoms with Crippen LogP contribution in [0.2, 0.25) is 0 Å². The Hall–Kier alpha value is -2.64. The number of amides is 2. The molecule has 4 rings (SSSR count). The van der Waals surface area contributed by atoms with Gasteiger partial charge in [0.15, 0.2) is 12.3 Å².